The predicted molar refractivity (Wildman–Crippen MR) is 113 cm³/mol. The maximum atomic E-state index is 13.5. The number of aliphatic hydroxyl groups excluding tert-OH is 1. The van der Waals surface area contributed by atoms with Gasteiger partial charge in [0.15, 0.2) is 11.5 Å². The number of nitrogens with zero attached hydrogens (tertiary/aromatic N) is 1. The first kappa shape index (κ1) is 20.0. The number of hydrogen-bond donors (Lipinski definition) is 1. The standard InChI is InChI=1S/C22H18FNO5S/c1-2-27-22(26)19-20(25)18(30-21(19)24-15-5-3-4-14(23)12-15)11-13-6-7-16-17(10-13)29-9-8-28-16/h3-7,10-12,25H,2,8-9H2,1H3/b18-11+,24-21?. The lowest BCUT2D eigenvalue weighted by Gasteiger charge is -2.18. The van der Waals surface area contributed by atoms with Crippen molar-refractivity contribution < 1.29 is 28.5 Å². The van der Waals surface area contributed by atoms with E-state index in [1.54, 1.807) is 31.2 Å². The predicted octanol–water partition coefficient (Wildman–Crippen LogP) is 4.79. The minimum Gasteiger partial charge on any atom is -0.506 e. The second-order valence-electron chi connectivity index (χ2n) is 6.35. The highest BCUT2D eigenvalue weighted by atomic mass is 32.2. The first-order valence-corrected chi connectivity index (χ1v) is 10.1. The number of ether oxygens (including phenoxy) is 3. The monoisotopic (exact) mass is 427 g/mol. The number of aliphatic hydroxyl groups is 1. The Kier molecular flexibility index (Phi) is 5.76. The van der Waals surface area contributed by atoms with E-state index in [0.717, 1.165) is 17.3 Å². The van der Waals surface area contributed by atoms with Crippen LogP contribution in [0.5, 0.6) is 11.5 Å². The molecule has 2 aromatic carbocycles. The van der Waals surface area contributed by atoms with Gasteiger partial charge in [0.05, 0.1) is 17.2 Å². The molecule has 2 aliphatic heterocycles. The maximum Gasteiger partial charge on any atom is 0.344 e. The zero-order valence-electron chi connectivity index (χ0n) is 16.1. The molecule has 0 radical (unpaired) electrons. The van der Waals surface area contributed by atoms with Crippen molar-refractivity contribution in [3.8, 4) is 11.5 Å². The summed E-state index contributed by atoms with van der Waals surface area (Å²) in [6.07, 6.45) is 1.71. The summed E-state index contributed by atoms with van der Waals surface area (Å²) in [6, 6.07) is 11.1. The van der Waals surface area contributed by atoms with Crippen LogP contribution in [-0.4, -0.2) is 35.9 Å². The fourth-order valence-corrected chi connectivity index (χ4v) is 3.99. The van der Waals surface area contributed by atoms with Gasteiger partial charge in [-0.25, -0.2) is 14.2 Å². The molecule has 0 saturated heterocycles. The van der Waals surface area contributed by atoms with Crippen LogP contribution >= 0.6 is 11.8 Å². The highest BCUT2D eigenvalue weighted by molar-refractivity contribution is 8.18. The van der Waals surface area contributed by atoms with Crippen LogP contribution in [0.3, 0.4) is 0 Å². The fraction of sp³-hybridized carbons (Fsp3) is 0.182. The summed E-state index contributed by atoms with van der Waals surface area (Å²) in [7, 11) is 0. The Morgan fingerprint density at radius 3 is 2.80 bits per heavy atom. The molecular weight excluding hydrogens is 409 g/mol. The van der Waals surface area contributed by atoms with Gasteiger partial charge >= 0.3 is 5.97 Å². The average Bonchev–Trinajstić information content (AvgIpc) is 3.03. The quantitative estimate of drug-likeness (QED) is 0.707. The highest BCUT2D eigenvalue weighted by Crippen LogP contribution is 2.41. The van der Waals surface area contributed by atoms with Crippen molar-refractivity contribution >= 4 is 34.5 Å². The molecule has 0 fully saturated rings. The Hall–Kier alpha value is -3.26. The first-order valence-electron chi connectivity index (χ1n) is 9.29. The number of esters is 1. The highest BCUT2D eigenvalue weighted by Gasteiger charge is 2.33. The minimum absolute atomic E-state index is 0.0464. The number of fused-ring (bicyclic) bond motifs is 1. The van der Waals surface area contributed by atoms with Crippen LogP contribution in [0.1, 0.15) is 12.5 Å². The SMILES string of the molecule is CCOC(=O)C1=C(O)/C(=C\c2ccc3c(c2)OCCO3)SC1=Nc1cccc(F)c1. The summed E-state index contributed by atoms with van der Waals surface area (Å²) in [5, 5.41) is 11.0. The van der Waals surface area contributed by atoms with Crippen LogP contribution in [0.4, 0.5) is 10.1 Å². The van der Waals surface area contributed by atoms with E-state index in [9.17, 15) is 14.3 Å². The Morgan fingerprint density at radius 2 is 2.03 bits per heavy atom. The van der Waals surface area contributed by atoms with Gasteiger partial charge in [-0.15, -0.1) is 0 Å². The van der Waals surface area contributed by atoms with Crippen molar-refractivity contribution in [2.45, 2.75) is 6.92 Å². The average molecular weight is 427 g/mol. The molecule has 8 heteroatoms. The lowest BCUT2D eigenvalue weighted by atomic mass is 10.1. The van der Waals surface area contributed by atoms with Crippen LogP contribution in [-0.2, 0) is 9.53 Å². The number of carbonyl (C=O) groups excluding carboxylic acids is 1. The molecule has 1 N–H and O–H groups in total. The Balaban J connectivity index is 1.72. The molecule has 0 bridgehead atoms. The lowest BCUT2D eigenvalue weighted by Crippen LogP contribution is -2.15. The van der Waals surface area contributed by atoms with Crippen LogP contribution in [0.25, 0.3) is 6.08 Å². The van der Waals surface area contributed by atoms with Gasteiger partial charge in [0.25, 0.3) is 0 Å². The Bertz CT molecular complexity index is 1090. The van der Waals surface area contributed by atoms with Crippen molar-refractivity contribution in [2.75, 3.05) is 19.8 Å². The number of benzene rings is 2. The van der Waals surface area contributed by atoms with E-state index >= 15 is 0 Å². The number of thioether (sulfide) groups is 1. The smallest absolute Gasteiger partial charge is 0.344 e. The molecule has 0 saturated carbocycles. The molecule has 0 aromatic heterocycles. The van der Waals surface area contributed by atoms with Crippen molar-refractivity contribution in [2.24, 2.45) is 4.99 Å². The van der Waals surface area contributed by atoms with Gasteiger partial charge in [-0.3, -0.25) is 0 Å². The van der Waals surface area contributed by atoms with Gasteiger partial charge in [0, 0.05) is 0 Å². The second-order valence-corrected chi connectivity index (χ2v) is 7.39. The van der Waals surface area contributed by atoms with Gasteiger partial charge in [-0.1, -0.05) is 23.9 Å². The van der Waals surface area contributed by atoms with E-state index in [-0.39, 0.29) is 23.0 Å². The molecule has 4 rings (SSSR count). The summed E-state index contributed by atoms with van der Waals surface area (Å²) >= 11 is 1.11. The van der Waals surface area contributed by atoms with Crippen LogP contribution < -0.4 is 9.47 Å². The molecule has 2 aliphatic rings. The summed E-state index contributed by atoms with van der Waals surface area (Å²) in [4.78, 5) is 17.2. The molecule has 0 spiro atoms. The van der Waals surface area contributed by atoms with Crippen molar-refractivity contribution in [3.05, 3.63) is 70.1 Å². The summed E-state index contributed by atoms with van der Waals surface area (Å²) in [5.74, 6) is -0.103. The zero-order valence-corrected chi connectivity index (χ0v) is 16.9. The van der Waals surface area contributed by atoms with E-state index < -0.39 is 11.8 Å². The van der Waals surface area contributed by atoms with Gasteiger partial charge in [-0.05, 0) is 48.9 Å². The molecule has 2 heterocycles. The third-order valence-electron chi connectivity index (χ3n) is 4.27. The molecule has 154 valence electrons. The van der Waals surface area contributed by atoms with Crippen molar-refractivity contribution in [1.82, 2.24) is 0 Å². The van der Waals surface area contributed by atoms with E-state index in [1.807, 2.05) is 6.07 Å². The summed E-state index contributed by atoms with van der Waals surface area (Å²) in [5.41, 5.74) is 1.03. The van der Waals surface area contributed by atoms with Gasteiger partial charge < -0.3 is 19.3 Å². The molecule has 0 amide bonds. The van der Waals surface area contributed by atoms with Crippen molar-refractivity contribution in [3.63, 3.8) is 0 Å². The van der Waals surface area contributed by atoms with Crippen molar-refractivity contribution in [1.29, 1.82) is 0 Å². The summed E-state index contributed by atoms with van der Waals surface area (Å²) in [6.45, 7) is 2.78. The van der Waals surface area contributed by atoms with Crippen LogP contribution in [0, 0.1) is 5.82 Å². The minimum atomic E-state index is -0.691. The molecule has 0 unspecified atom stereocenters. The van der Waals surface area contributed by atoms with E-state index in [4.69, 9.17) is 14.2 Å². The topological polar surface area (TPSA) is 77.4 Å². The molecule has 2 aromatic rings. The number of halogens is 1. The second kappa shape index (κ2) is 8.62. The largest absolute Gasteiger partial charge is 0.506 e. The number of carbonyl (C=O) groups is 1. The van der Waals surface area contributed by atoms with Gasteiger partial charge in [0.2, 0.25) is 0 Å². The summed E-state index contributed by atoms with van der Waals surface area (Å²) < 4.78 is 29.7. The molecular formula is C22H18FNO5S. The number of rotatable bonds is 4. The van der Waals surface area contributed by atoms with Gasteiger partial charge in [0.1, 0.15) is 35.4 Å². The fourth-order valence-electron chi connectivity index (χ4n) is 2.96. The first-order chi connectivity index (χ1) is 14.5. The Morgan fingerprint density at radius 1 is 1.23 bits per heavy atom. The maximum absolute atomic E-state index is 13.5. The Labute approximate surface area is 176 Å². The number of hydrogen-bond acceptors (Lipinski definition) is 7. The third-order valence-corrected chi connectivity index (χ3v) is 5.29. The normalized spacial score (nSPS) is 18.2. The molecule has 30 heavy (non-hydrogen) atoms. The van der Waals surface area contributed by atoms with E-state index in [1.165, 1.54) is 18.2 Å². The number of aliphatic imine (C=N–C) groups is 1. The van der Waals surface area contributed by atoms with Crippen LogP contribution in [0.15, 0.2) is 63.7 Å². The van der Waals surface area contributed by atoms with E-state index in [0.29, 0.717) is 35.3 Å². The molecule has 0 aliphatic carbocycles. The van der Waals surface area contributed by atoms with Gasteiger partial charge in [-0.2, -0.15) is 0 Å². The lowest BCUT2D eigenvalue weighted by molar-refractivity contribution is -0.138. The zero-order chi connectivity index (χ0) is 21.1. The van der Waals surface area contributed by atoms with E-state index in [2.05, 4.69) is 4.99 Å². The van der Waals surface area contributed by atoms with Crippen LogP contribution in [0.2, 0.25) is 0 Å². The molecule has 6 nitrogen and oxygen atoms in total. The molecule has 0 atom stereocenters. The third kappa shape index (κ3) is 4.18.